The van der Waals surface area contributed by atoms with Crippen LogP contribution in [0.25, 0.3) is 20.9 Å². The maximum Gasteiger partial charge on any atom is 0.217 e. The summed E-state index contributed by atoms with van der Waals surface area (Å²) in [7, 11) is 0. The van der Waals surface area contributed by atoms with Gasteiger partial charge in [-0.05, 0) is 16.6 Å². The molecule has 0 spiro atoms. The molecule has 154 valence electrons. The first-order valence-electron chi connectivity index (χ1n) is 8.87. The SMILES string of the molecule is CC(=O)NC[C@@H]1O[C@H](OCc2ccccc2)[C@H](NC(C)=O)[C@@H](N=[N+]=[N-])[C@H]1N=[N+]=[N-]. The average molecular weight is 402 g/mol. The number of ether oxygens (including phenoxy) is 2. The summed E-state index contributed by atoms with van der Waals surface area (Å²) in [5, 5.41) is 12.7. The smallest absolute Gasteiger partial charge is 0.217 e. The van der Waals surface area contributed by atoms with E-state index in [1.807, 2.05) is 30.3 Å². The molecule has 1 fully saturated rings. The van der Waals surface area contributed by atoms with Crippen molar-refractivity contribution in [2.24, 2.45) is 10.2 Å². The Kier molecular flexibility index (Phi) is 8.26. The number of hydrogen-bond donors (Lipinski definition) is 2. The van der Waals surface area contributed by atoms with E-state index >= 15 is 0 Å². The molecule has 12 heteroatoms. The maximum absolute atomic E-state index is 11.7. The standard InChI is InChI=1S/C17H22N8O4/c1-10(26)20-8-13-14(22-24-18)15(23-25-19)16(21-11(2)27)17(29-13)28-9-12-6-4-3-5-7-12/h3-7,13-17H,8-9H2,1-2H3,(H,20,26)(H,21,27)/t13-,14-,15-,16+,17-/m0/s1. The quantitative estimate of drug-likeness (QED) is 0.384. The van der Waals surface area contributed by atoms with Gasteiger partial charge in [0, 0.05) is 30.2 Å². The molecule has 12 nitrogen and oxygen atoms in total. The number of amides is 2. The minimum atomic E-state index is -1.00. The zero-order valence-corrected chi connectivity index (χ0v) is 16.0. The van der Waals surface area contributed by atoms with Crippen LogP contribution >= 0.6 is 0 Å². The molecule has 0 bridgehead atoms. The summed E-state index contributed by atoms with van der Waals surface area (Å²) < 4.78 is 11.8. The lowest BCUT2D eigenvalue weighted by Gasteiger charge is -2.43. The molecule has 1 saturated heterocycles. The second-order valence-corrected chi connectivity index (χ2v) is 6.39. The Morgan fingerprint density at radius 3 is 2.34 bits per heavy atom. The molecular formula is C17H22N8O4. The summed E-state index contributed by atoms with van der Waals surface area (Å²) in [5.74, 6) is -0.704. The van der Waals surface area contributed by atoms with Crippen molar-refractivity contribution in [3.63, 3.8) is 0 Å². The Hall–Kier alpha value is -3.30. The summed E-state index contributed by atoms with van der Waals surface area (Å²) in [6, 6.07) is 6.46. The summed E-state index contributed by atoms with van der Waals surface area (Å²) in [5.41, 5.74) is 18.8. The lowest BCUT2D eigenvalue weighted by Crippen LogP contribution is -2.64. The first-order chi connectivity index (χ1) is 14.0. The van der Waals surface area contributed by atoms with Gasteiger partial charge in [-0.25, -0.2) is 0 Å². The van der Waals surface area contributed by atoms with Crippen LogP contribution in [0.5, 0.6) is 0 Å². The summed E-state index contributed by atoms with van der Waals surface area (Å²) in [6.07, 6.45) is -1.82. The minimum Gasteiger partial charge on any atom is -0.354 e. The Morgan fingerprint density at radius 2 is 1.76 bits per heavy atom. The van der Waals surface area contributed by atoms with Gasteiger partial charge < -0.3 is 20.1 Å². The minimum absolute atomic E-state index is 0.00839. The van der Waals surface area contributed by atoms with Crippen LogP contribution in [0.1, 0.15) is 19.4 Å². The molecule has 1 aromatic rings. The fourth-order valence-electron chi connectivity index (χ4n) is 3.03. The topological polar surface area (TPSA) is 174 Å². The molecule has 1 aliphatic rings. The van der Waals surface area contributed by atoms with Gasteiger partial charge in [0.1, 0.15) is 0 Å². The van der Waals surface area contributed by atoms with Crippen LogP contribution in [0.15, 0.2) is 40.6 Å². The molecule has 5 atom stereocenters. The van der Waals surface area contributed by atoms with Gasteiger partial charge in [-0.2, -0.15) is 0 Å². The molecule has 0 radical (unpaired) electrons. The lowest BCUT2D eigenvalue weighted by atomic mass is 9.92. The molecule has 29 heavy (non-hydrogen) atoms. The number of azide groups is 2. The summed E-state index contributed by atoms with van der Waals surface area (Å²) in [6.45, 7) is 2.81. The Labute approximate surface area is 166 Å². The molecule has 0 aliphatic carbocycles. The number of nitrogens with zero attached hydrogens (tertiary/aromatic N) is 6. The highest BCUT2D eigenvalue weighted by atomic mass is 16.7. The molecule has 1 heterocycles. The fourth-order valence-corrected chi connectivity index (χ4v) is 3.03. The van der Waals surface area contributed by atoms with Gasteiger partial charge in [-0.3, -0.25) is 9.59 Å². The van der Waals surface area contributed by atoms with Crippen molar-refractivity contribution in [3.05, 3.63) is 56.8 Å². The predicted octanol–water partition coefficient (Wildman–Crippen LogP) is 1.93. The molecule has 0 saturated carbocycles. The number of carbonyl (C=O) groups is 2. The Bertz CT molecular complexity index is 807. The van der Waals surface area contributed by atoms with Crippen molar-refractivity contribution in [1.82, 2.24) is 10.6 Å². The van der Waals surface area contributed by atoms with Crippen molar-refractivity contribution in [1.29, 1.82) is 0 Å². The Balaban J connectivity index is 2.32. The molecular weight excluding hydrogens is 380 g/mol. The normalized spacial score (nSPS) is 25.8. The van der Waals surface area contributed by atoms with E-state index in [1.165, 1.54) is 13.8 Å². The van der Waals surface area contributed by atoms with Crippen LogP contribution < -0.4 is 10.6 Å². The van der Waals surface area contributed by atoms with Crippen molar-refractivity contribution in [2.45, 2.75) is 51.0 Å². The maximum atomic E-state index is 11.7. The third kappa shape index (κ3) is 6.37. The van der Waals surface area contributed by atoms with Gasteiger partial charge in [-0.1, -0.05) is 40.6 Å². The first kappa shape index (κ1) is 22.0. The van der Waals surface area contributed by atoms with Crippen LogP contribution in [0.3, 0.4) is 0 Å². The molecule has 2 N–H and O–H groups in total. The third-order valence-electron chi connectivity index (χ3n) is 4.25. The van der Waals surface area contributed by atoms with Crippen LogP contribution in [0.2, 0.25) is 0 Å². The van der Waals surface area contributed by atoms with Crippen LogP contribution in [-0.2, 0) is 25.7 Å². The van der Waals surface area contributed by atoms with Crippen LogP contribution in [-0.4, -0.2) is 48.9 Å². The van der Waals surface area contributed by atoms with Crippen molar-refractivity contribution in [2.75, 3.05) is 6.54 Å². The van der Waals surface area contributed by atoms with Crippen molar-refractivity contribution in [3.8, 4) is 0 Å². The van der Waals surface area contributed by atoms with E-state index in [1.54, 1.807) is 0 Å². The number of nitrogens with one attached hydrogen (secondary N) is 2. The predicted molar refractivity (Wildman–Crippen MR) is 102 cm³/mol. The van der Waals surface area contributed by atoms with Gasteiger partial charge >= 0.3 is 0 Å². The number of hydrogen-bond acceptors (Lipinski definition) is 6. The molecule has 0 unspecified atom stereocenters. The molecule has 2 amide bonds. The van der Waals surface area contributed by atoms with Gasteiger partial charge in [0.25, 0.3) is 0 Å². The second kappa shape index (κ2) is 10.9. The molecule has 2 rings (SSSR count). The van der Waals surface area contributed by atoms with E-state index in [0.29, 0.717) is 0 Å². The van der Waals surface area contributed by atoms with Gasteiger partial charge in [0.2, 0.25) is 11.8 Å². The van der Waals surface area contributed by atoms with E-state index in [9.17, 15) is 9.59 Å². The molecule has 1 aliphatic heterocycles. The largest absolute Gasteiger partial charge is 0.354 e. The van der Waals surface area contributed by atoms with Crippen LogP contribution in [0.4, 0.5) is 0 Å². The van der Waals surface area contributed by atoms with Gasteiger partial charge in [0.05, 0.1) is 30.8 Å². The van der Waals surface area contributed by atoms with Crippen molar-refractivity contribution < 1.29 is 19.1 Å². The zero-order chi connectivity index (χ0) is 21.2. The average Bonchev–Trinajstić information content (AvgIpc) is 2.69. The number of carbonyl (C=O) groups excluding carboxylic acids is 2. The van der Waals surface area contributed by atoms with Gasteiger partial charge in [0.15, 0.2) is 6.29 Å². The highest BCUT2D eigenvalue weighted by Crippen LogP contribution is 2.28. The van der Waals surface area contributed by atoms with Gasteiger partial charge in [-0.15, -0.1) is 0 Å². The third-order valence-corrected chi connectivity index (χ3v) is 4.25. The van der Waals surface area contributed by atoms with E-state index < -0.39 is 36.4 Å². The number of benzene rings is 1. The second-order valence-electron chi connectivity index (χ2n) is 6.39. The van der Waals surface area contributed by atoms with E-state index in [2.05, 4.69) is 30.7 Å². The molecule has 0 aromatic heterocycles. The highest BCUT2D eigenvalue weighted by Gasteiger charge is 2.46. The highest BCUT2D eigenvalue weighted by molar-refractivity contribution is 5.73. The Morgan fingerprint density at radius 1 is 1.10 bits per heavy atom. The first-order valence-corrected chi connectivity index (χ1v) is 8.87. The van der Waals surface area contributed by atoms with E-state index in [4.69, 9.17) is 20.5 Å². The van der Waals surface area contributed by atoms with Crippen molar-refractivity contribution >= 4 is 11.8 Å². The number of rotatable bonds is 8. The van der Waals surface area contributed by atoms with E-state index in [-0.39, 0.29) is 19.1 Å². The lowest BCUT2D eigenvalue weighted by molar-refractivity contribution is -0.220. The monoisotopic (exact) mass is 402 g/mol. The fraction of sp³-hybridized carbons (Fsp3) is 0.529. The summed E-state index contributed by atoms with van der Waals surface area (Å²) >= 11 is 0. The molecule has 1 aromatic carbocycles. The zero-order valence-electron chi connectivity index (χ0n) is 16.0. The van der Waals surface area contributed by atoms with Crippen LogP contribution in [0, 0.1) is 0 Å². The van der Waals surface area contributed by atoms with E-state index in [0.717, 1.165) is 5.56 Å². The summed E-state index contributed by atoms with van der Waals surface area (Å²) in [4.78, 5) is 28.7.